The minimum absolute atomic E-state index is 0.0426. The predicted octanol–water partition coefficient (Wildman–Crippen LogP) is 2.09. The van der Waals surface area contributed by atoms with Gasteiger partial charge in [-0.15, -0.1) is 6.58 Å². The van der Waals surface area contributed by atoms with Crippen LogP contribution in [0.1, 0.15) is 33.6 Å². The van der Waals surface area contributed by atoms with Gasteiger partial charge in [-0.3, -0.25) is 4.79 Å². The van der Waals surface area contributed by atoms with Crippen LogP contribution in [0.4, 0.5) is 4.79 Å². The third-order valence-corrected chi connectivity index (χ3v) is 2.51. The number of carboxylic acid groups (broad SMARTS) is 1. The van der Waals surface area contributed by atoms with Crippen molar-refractivity contribution in [3.63, 3.8) is 0 Å². The van der Waals surface area contributed by atoms with E-state index < -0.39 is 5.97 Å². The molecule has 0 aliphatic carbocycles. The molecule has 0 aromatic heterocycles. The first kappa shape index (κ1) is 16.5. The highest BCUT2D eigenvalue weighted by Crippen LogP contribution is 2.06. The van der Waals surface area contributed by atoms with Crippen LogP contribution < -0.4 is 5.32 Å². The molecular weight excluding hydrogens is 232 g/mol. The van der Waals surface area contributed by atoms with E-state index in [0.717, 1.165) is 12.8 Å². The number of aliphatic carboxylic acids is 1. The molecule has 0 heterocycles. The number of nitrogens with one attached hydrogen (secondary N) is 1. The lowest BCUT2D eigenvalue weighted by Gasteiger charge is -2.23. The maximum atomic E-state index is 11.8. The van der Waals surface area contributed by atoms with Crippen molar-refractivity contribution in [2.24, 2.45) is 5.92 Å². The largest absolute Gasteiger partial charge is 0.480 e. The van der Waals surface area contributed by atoms with Crippen LogP contribution in [0.3, 0.4) is 0 Å². The second-order valence-corrected chi connectivity index (χ2v) is 4.88. The fourth-order valence-corrected chi connectivity index (χ4v) is 1.50. The molecule has 0 rings (SSSR count). The van der Waals surface area contributed by atoms with Crippen LogP contribution in [0.5, 0.6) is 0 Å². The molecule has 0 radical (unpaired) electrons. The van der Waals surface area contributed by atoms with Gasteiger partial charge < -0.3 is 15.3 Å². The summed E-state index contributed by atoms with van der Waals surface area (Å²) in [5.74, 6) is -0.436. The SMILES string of the molecule is C=CCN(CC(=O)O)C(=O)NC(C)CCC(C)C. The number of carbonyl (C=O) groups is 2. The summed E-state index contributed by atoms with van der Waals surface area (Å²) in [5, 5.41) is 11.5. The molecule has 0 bridgehead atoms. The van der Waals surface area contributed by atoms with E-state index in [4.69, 9.17) is 5.11 Å². The number of rotatable bonds is 8. The average Bonchev–Trinajstić information content (AvgIpc) is 2.25. The standard InChI is InChI=1S/C13H24N2O3/c1-5-8-15(9-12(16)17)13(18)14-11(4)7-6-10(2)3/h5,10-11H,1,6-9H2,2-4H3,(H,14,18)(H,16,17). The smallest absolute Gasteiger partial charge is 0.323 e. The Morgan fingerprint density at radius 3 is 2.39 bits per heavy atom. The van der Waals surface area contributed by atoms with E-state index in [-0.39, 0.29) is 25.2 Å². The predicted molar refractivity (Wildman–Crippen MR) is 71.5 cm³/mol. The quantitative estimate of drug-likeness (QED) is 0.653. The fourth-order valence-electron chi connectivity index (χ4n) is 1.50. The van der Waals surface area contributed by atoms with Crippen LogP contribution in [0.25, 0.3) is 0 Å². The number of amides is 2. The maximum absolute atomic E-state index is 11.8. The van der Waals surface area contributed by atoms with Crippen molar-refractivity contribution in [1.29, 1.82) is 0 Å². The third-order valence-electron chi connectivity index (χ3n) is 2.51. The van der Waals surface area contributed by atoms with Crippen LogP contribution >= 0.6 is 0 Å². The molecule has 2 N–H and O–H groups in total. The summed E-state index contributed by atoms with van der Waals surface area (Å²) in [7, 11) is 0. The lowest BCUT2D eigenvalue weighted by atomic mass is 10.0. The van der Waals surface area contributed by atoms with Gasteiger partial charge in [-0.2, -0.15) is 0 Å². The average molecular weight is 256 g/mol. The fraction of sp³-hybridized carbons (Fsp3) is 0.692. The normalized spacial score (nSPS) is 12.0. The van der Waals surface area contributed by atoms with Gasteiger partial charge in [-0.05, 0) is 25.7 Å². The zero-order valence-corrected chi connectivity index (χ0v) is 11.5. The minimum Gasteiger partial charge on any atom is -0.480 e. The number of nitrogens with zero attached hydrogens (tertiary/aromatic N) is 1. The van der Waals surface area contributed by atoms with Gasteiger partial charge in [-0.1, -0.05) is 19.9 Å². The van der Waals surface area contributed by atoms with E-state index in [1.54, 1.807) is 0 Å². The molecule has 0 aromatic rings. The van der Waals surface area contributed by atoms with E-state index in [2.05, 4.69) is 25.7 Å². The first-order valence-corrected chi connectivity index (χ1v) is 6.25. The first-order chi connectivity index (χ1) is 8.36. The Morgan fingerprint density at radius 1 is 1.33 bits per heavy atom. The highest BCUT2D eigenvalue weighted by atomic mass is 16.4. The first-order valence-electron chi connectivity index (χ1n) is 6.25. The second kappa shape index (κ2) is 8.55. The Labute approximate surface area is 109 Å². The van der Waals surface area contributed by atoms with Crippen LogP contribution in [-0.2, 0) is 4.79 Å². The Morgan fingerprint density at radius 2 is 1.94 bits per heavy atom. The molecule has 0 saturated carbocycles. The highest BCUT2D eigenvalue weighted by molar-refractivity contribution is 5.80. The van der Waals surface area contributed by atoms with Gasteiger partial charge in [0.2, 0.25) is 0 Å². The molecule has 5 heteroatoms. The lowest BCUT2D eigenvalue weighted by molar-refractivity contribution is -0.137. The zero-order chi connectivity index (χ0) is 14.1. The molecule has 0 aliphatic rings. The maximum Gasteiger partial charge on any atom is 0.323 e. The van der Waals surface area contributed by atoms with E-state index in [9.17, 15) is 9.59 Å². The van der Waals surface area contributed by atoms with Crippen LogP contribution in [0, 0.1) is 5.92 Å². The Hall–Kier alpha value is -1.52. The summed E-state index contributed by atoms with van der Waals surface area (Å²) in [6.07, 6.45) is 3.43. The molecule has 18 heavy (non-hydrogen) atoms. The van der Waals surface area contributed by atoms with Gasteiger partial charge in [0, 0.05) is 12.6 Å². The Kier molecular flexibility index (Phi) is 7.83. The van der Waals surface area contributed by atoms with E-state index in [1.165, 1.54) is 11.0 Å². The molecule has 0 aliphatic heterocycles. The van der Waals surface area contributed by atoms with E-state index >= 15 is 0 Å². The number of urea groups is 1. The summed E-state index contributed by atoms with van der Waals surface area (Å²) in [6, 6.07) is -0.311. The molecule has 0 spiro atoms. The molecular formula is C13H24N2O3. The summed E-state index contributed by atoms with van der Waals surface area (Å²) in [6.45, 7) is 9.61. The van der Waals surface area contributed by atoms with Crippen molar-refractivity contribution in [2.45, 2.75) is 39.7 Å². The van der Waals surface area contributed by atoms with Gasteiger partial charge in [0.1, 0.15) is 6.54 Å². The molecule has 0 fully saturated rings. The molecule has 104 valence electrons. The molecule has 0 saturated heterocycles. The van der Waals surface area contributed by atoms with Crippen LogP contribution in [-0.4, -0.2) is 41.1 Å². The Balaban J connectivity index is 4.23. The molecule has 1 atom stereocenters. The van der Waals surface area contributed by atoms with E-state index in [0.29, 0.717) is 5.92 Å². The van der Waals surface area contributed by atoms with Crippen LogP contribution in [0.15, 0.2) is 12.7 Å². The number of carboxylic acids is 1. The monoisotopic (exact) mass is 256 g/mol. The van der Waals surface area contributed by atoms with Crippen molar-refractivity contribution >= 4 is 12.0 Å². The summed E-state index contributed by atoms with van der Waals surface area (Å²) in [4.78, 5) is 23.7. The number of hydrogen-bond acceptors (Lipinski definition) is 2. The molecule has 1 unspecified atom stereocenters. The van der Waals surface area contributed by atoms with Gasteiger partial charge in [0.15, 0.2) is 0 Å². The van der Waals surface area contributed by atoms with E-state index in [1.807, 2.05) is 6.92 Å². The third kappa shape index (κ3) is 7.70. The van der Waals surface area contributed by atoms with Gasteiger partial charge >= 0.3 is 12.0 Å². The summed E-state index contributed by atoms with van der Waals surface area (Å²) >= 11 is 0. The summed E-state index contributed by atoms with van der Waals surface area (Å²) < 4.78 is 0. The zero-order valence-electron chi connectivity index (χ0n) is 11.5. The van der Waals surface area contributed by atoms with Crippen molar-refractivity contribution in [2.75, 3.05) is 13.1 Å². The number of hydrogen-bond donors (Lipinski definition) is 2. The Bertz CT molecular complexity index is 290. The highest BCUT2D eigenvalue weighted by Gasteiger charge is 2.17. The lowest BCUT2D eigenvalue weighted by Crippen LogP contribution is -2.46. The van der Waals surface area contributed by atoms with Gasteiger partial charge in [0.05, 0.1) is 0 Å². The second-order valence-electron chi connectivity index (χ2n) is 4.88. The van der Waals surface area contributed by atoms with Crippen molar-refractivity contribution in [3.8, 4) is 0 Å². The topological polar surface area (TPSA) is 69.6 Å². The molecule has 0 aromatic carbocycles. The van der Waals surface area contributed by atoms with Crippen molar-refractivity contribution < 1.29 is 14.7 Å². The van der Waals surface area contributed by atoms with Gasteiger partial charge in [-0.25, -0.2) is 4.79 Å². The van der Waals surface area contributed by atoms with Crippen LogP contribution in [0.2, 0.25) is 0 Å². The van der Waals surface area contributed by atoms with Crippen molar-refractivity contribution in [3.05, 3.63) is 12.7 Å². The van der Waals surface area contributed by atoms with Gasteiger partial charge in [0.25, 0.3) is 0 Å². The minimum atomic E-state index is -1.03. The molecule has 5 nitrogen and oxygen atoms in total. The molecule has 2 amide bonds. The summed E-state index contributed by atoms with van der Waals surface area (Å²) in [5.41, 5.74) is 0. The number of carbonyl (C=O) groups excluding carboxylic acids is 1. The van der Waals surface area contributed by atoms with Crippen molar-refractivity contribution in [1.82, 2.24) is 10.2 Å².